The summed E-state index contributed by atoms with van der Waals surface area (Å²) in [7, 11) is 1.95. The standard InChI is InChI=1S/C16H21BrFN3/c1-4-7-19-15(16-8-11(2)20-21(16)3)10-12-9-13(18)5-6-14(12)17/h5-6,8-9,15,19H,4,7,10H2,1-3H3. The summed E-state index contributed by atoms with van der Waals surface area (Å²) < 4.78 is 16.3. The molecule has 5 heteroatoms. The Morgan fingerprint density at radius 1 is 1.38 bits per heavy atom. The fraction of sp³-hybridized carbons (Fsp3) is 0.438. The first kappa shape index (κ1) is 16.2. The van der Waals surface area contributed by atoms with Gasteiger partial charge in [-0.3, -0.25) is 4.68 Å². The first-order valence-electron chi connectivity index (χ1n) is 7.19. The molecule has 1 heterocycles. The van der Waals surface area contributed by atoms with Crippen molar-refractivity contribution in [3.63, 3.8) is 0 Å². The number of nitrogens with zero attached hydrogens (tertiary/aromatic N) is 2. The van der Waals surface area contributed by atoms with Crippen LogP contribution in [0.1, 0.15) is 36.3 Å². The van der Waals surface area contributed by atoms with Gasteiger partial charge in [-0.15, -0.1) is 0 Å². The minimum absolute atomic E-state index is 0.120. The summed E-state index contributed by atoms with van der Waals surface area (Å²) in [4.78, 5) is 0. The Morgan fingerprint density at radius 2 is 2.14 bits per heavy atom. The lowest BCUT2D eigenvalue weighted by Gasteiger charge is -2.19. The average molecular weight is 354 g/mol. The van der Waals surface area contributed by atoms with Crippen LogP contribution in [-0.2, 0) is 13.5 Å². The van der Waals surface area contributed by atoms with Crippen LogP contribution in [0.2, 0.25) is 0 Å². The van der Waals surface area contributed by atoms with E-state index in [0.717, 1.165) is 40.8 Å². The van der Waals surface area contributed by atoms with Crippen LogP contribution in [0.5, 0.6) is 0 Å². The van der Waals surface area contributed by atoms with Crippen LogP contribution in [-0.4, -0.2) is 16.3 Å². The third-order valence-corrected chi connectivity index (χ3v) is 4.24. The molecule has 2 rings (SSSR count). The van der Waals surface area contributed by atoms with Gasteiger partial charge in [-0.05, 0) is 56.1 Å². The SMILES string of the molecule is CCCNC(Cc1cc(F)ccc1Br)c1cc(C)nn1C. The fourth-order valence-electron chi connectivity index (χ4n) is 2.48. The molecule has 0 radical (unpaired) electrons. The number of rotatable bonds is 6. The Hall–Kier alpha value is -1.20. The quantitative estimate of drug-likeness (QED) is 0.852. The second-order valence-corrected chi connectivity index (χ2v) is 6.14. The van der Waals surface area contributed by atoms with Gasteiger partial charge in [0.2, 0.25) is 0 Å². The zero-order valence-corrected chi connectivity index (χ0v) is 14.2. The highest BCUT2D eigenvalue weighted by Gasteiger charge is 2.17. The maximum Gasteiger partial charge on any atom is 0.123 e. The largest absolute Gasteiger partial charge is 0.308 e. The number of halogens is 2. The summed E-state index contributed by atoms with van der Waals surface area (Å²) in [5.74, 6) is -0.205. The normalized spacial score (nSPS) is 12.6. The van der Waals surface area contributed by atoms with Gasteiger partial charge < -0.3 is 5.32 Å². The van der Waals surface area contributed by atoms with Crippen molar-refractivity contribution in [2.45, 2.75) is 32.7 Å². The van der Waals surface area contributed by atoms with Gasteiger partial charge in [0.15, 0.2) is 0 Å². The highest BCUT2D eigenvalue weighted by molar-refractivity contribution is 9.10. The van der Waals surface area contributed by atoms with Crippen molar-refractivity contribution in [1.29, 1.82) is 0 Å². The smallest absolute Gasteiger partial charge is 0.123 e. The number of nitrogens with one attached hydrogen (secondary N) is 1. The zero-order chi connectivity index (χ0) is 15.4. The van der Waals surface area contributed by atoms with Crippen LogP contribution in [0.15, 0.2) is 28.7 Å². The molecule has 1 aromatic carbocycles. The van der Waals surface area contributed by atoms with Crippen molar-refractivity contribution >= 4 is 15.9 Å². The first-order chi connectivity index (χ1) is 10.0. The summed E-state index contributed by atoms with van der Waals surface area (Å²) in [6.45, 7) is 5.04. The second kappa shape index (κ2) is 7.18. The van der Waals surface area contributed by atoms with Gasteiger partial charge in [0.1, 0.15) is 5.82 Å². The molecule has 0 spiro atoms. The number of aryl methyl sites for hydroxylation is 2. The summed E-state index contributed by atoms with van der Waals surface area (Å²) >= 11 is 3.51. The summed E-state index contributed by atoms with van der Waals surface area (Å²) in [6.07, 6.45) is 1.77. The van der Waals surface area contributed by atoms with E-state index >= 15 is 0 Å². The van der Waals surface area contributed by atoms with Gasteiger partial charge in [0.05, 0.1) is 17.4 Å². The van der Waals surface area contributed by atoms with Crippen molar-refractivity contribution in [2.75, 3.05) is 6.54 Å². The molecule has 2 aromatic rings. The average Bonchev–Trinajstić information content (AvgIpc) is 2.77. The number of hydrogen-bond donors (Lipinski definition) is 1. The molecule has 0 saturated heterocycles. The van der Waals surface area contributed by atoms with Crippen LogP contribution in [0.3, 0.4) is 0 Å². The minimum Gasteiger partial charge on any atom is -0.308 e. The minimum atomic E-state index is -0.205. The van der Waals surface area contributed by atoms with E-state index in [1.165, 1.54) is 6.07 Å². The number of hydrogen-bond acceptors (Lipinski definition) is 2. The molecule has 0 aliphatic rings. The van der Waals surface area contributed by atoms with E-state index in [0.29, 0.717) is 0 Å². The molecule has 1 aromatic heterocycles. The molecule has 0 amide bonds. The van der Waals surface area contributed by atoms with Gasteiger partial charge in [0, 0.05) is 11.5 Å². The molecule has 0 aliphatic carbocycles. The lowest BCUT2D eigenvalue weighted by Crippen LogP contribution is -2.26. The lowest BCUT2D eigenvalue weighted by atomic mass is 10.0. The monoisotopic (exact) mass is 353 g/mol. The van der Waals surface area contributed by atoms with E-state index < -0.39 is 0 Å². The van der Waals surface area contributed by atoms with Crippen molar-refractivity contribution in [3.8, 4) is 0 Å². The van der Waals surface area contributed by atoms with E-state index in [1.54, 1.807) is 12.1 Å². The van der Waals surface area contributed by atoms with Crippen molar-refractivity contribution in [1.82, 2.24) is 15.1 Å². The third kappa shape index (κ3) is 4.14. The number of aromatic nitrogens is 2. The van der Waals surface area contributed by atoms with Gasteiger partial charge in [0.25, 0.3) is 0 Å². The van der Waals surface area contributed by atoms with E-state index in [-0.39, 0.29) is 11.9 Å². The molecule has 0 bridgehead atoms. The van der Waals surface area contributed by atoms with Crippen LogP contribution in [0, 0.1) is 12.7 Å². The molecular weight excluding hydrogens is 333 g/mol. The summed E-state index contributed by atoms with van der Waals surface area (Å²) in [6, 6.07) is 7.02. The van der Waals surface area contributed by atoms with Crippen molar-refractivity contribution in [2.24, 2.45) is 7.05 Å². The topological polar surface area (TPSA) is 29.9 Å². The molecule has 114 valence electrons. The molecule has 1 atom stereocenters. The van der Waals surface area contributed by atoms with Crippen molar-refractivity contribution in [3.05, 3.63) is 51.5 Å². The molecule has 1 N–H and O–H groups in total. The molecule has 3 nitrogen and oxygen atoms in total. The number of benzene rings is 1. The molecule has 0 saturated carbocycles. The predicted octanol–water partition coefficient (Wildman–Crippen LogP) is 3.91. The van der Waals surface area contributed by atoms with Crippen LogP contribution in [0.4, 0.5) is 4.39 Å². The first-order valence-corrected chi connectivity index (χ1v) is 7.98. The lowest BCUT2D eigenvalue weighted by molar-refractivity contribution is 0.491. The second-order valence-electron chi connectivity index (χ2n) is 5.28. The highest BCUT2D eigenvalue weighted by atomic mass is 79.9. The molecule has 0 aliphatic heterocycles. The maximum atomic E-state index is 13.5. The van der Waals surface area contributed by atoms with Crippen LogP contribution < -0.4 is 5.32 Å². The Kier molecular flexibility index (Phi) is 5.53. The molecule has 0 fully saturated rings. The van der Waals surface area contributed by atoms with Crippen molar-refractivity contribution < 1.29 is 4.39 Å². The van der Waals surface area contributed by atoms with Crippen LogP contribution in [0.25, 0.3) is 0 Å². The Balaban J connectivity index is 2.28. The van der Waals surface area contributed by atoms with E-state index in [1.807, 2.05) is 18.7 Å². The van der Waals surface area contributed by atoms with Gasteiger partial charge >= 0.3 is 0 Å². The van der Waals surface area contributed by atoms with Gasteiger partial charge in [-0.2, -0.15) is 5.10 Å². The summed E-state index contributed by atoms with van der Waals surface area (Å²) in [5, 5.41) is 7.94. The molecular formula is C16H21BrFN3. The summed E-state index contributed by atoms with van der Waals surface area (Å²) in [5.41, 5.74) is 3.08. The van der Waals surface area contributed by atoms with E-state index in [9.17, 15) is 4.39 Å². The fourth-order valence-corrected chi connectivity index (χ4v) is 2.88. The predicted molar refractivity (Wildman–Crippen MR) is 86.8 cm³/mol. The molecule has 21 heavy (non-hydrogen) atoms. The van der Waals surface area contributed by atoms with E-state index in [4.69, 9.17) is 0 Å². The van der Waals surface area contributed by atoms with Crippen LogP contribution >= 0.6 is 15.9 Å². The van der Waals surface area contributed by atoms with E-state index in [2.05, 4.69) is 39.3 Å². The Morgan fingerprint density at radius 3 is 2.76 bits per heavy atom. The van der Waals surface area contributed by atoms with Gasteiger partial charge in [-0.25, -0.2) is 4.39 Å². The molecule has 1 unspecified atom stereocenters. The van der Waals surface area contributed by atoms with Gasteiger partial charge in [-0.1, -0.05) is 22.9 Å². The zero-order valence-electron chi connectivity index (χ0n) is 12.7. The Labute approximate surface area is 133 Å². The maximum absolute atomic E-state index is 13.5. The Bertz CT molecular complexity index is 610. The third-order valence-electron chi connectivity index (χ3n) is 3.47. The highest BCUT2D eigenvalue weighted by Crippen LogP contribution is 2.25.